The molecule has 1 atom stereocenters. The molecule has 0 saturated carbocycles. The van der Waals surface area contributed by atoms with E-state index in [1.165, 1.54) is 0 Å². The predicted molar refractivity (Wildman–Crippen MR) is 81.1 cm³/mol. The number of nitrogens with zero attached hydrogens (tertiary/aromatic N) is 1. The first kappa shape index (κ1) is 13.8. The highest BCUT2D eigenvalue weighted by Gasteiger charge is 2.16. The quantitative estimate of drug-likeness (QED) is 0.818. The SMILES string of the molecule is NC(=S)c1ccc(C(O)CN2CCSCC2)cc1. The average Bonchev–Trinajstić information content (AvgIpc) is 2.40. The molecule has 0 aromatic heterocycles. The molecule has 1 aromatic carbocycles. The van der Waals surface area contributed by atoms with E-state index in [2.05, 4.69) is 4.90 Å². The molecule has 18 heavy (non-hydrogen) atoms. The summed E-state index contributed by atoms with van der Waals surface area (Å²) in [5.74, 6) is 2.32. The average molecular weight is 282 g/mol. The molecule has 1 fully saturated rings. The number of thioether (sulfide) groups is 1. The van der Waals surface area contributed by atoms with E-state index >= 15 is 0 Å². The first-order valence-electron chi connectivity index (χ1n) is 6.05. The molecule has 0 aliphatic carbocycles. The molecule has 0 radical (unpaired) electrons. The number of β-amino-alcohol motifs (C(OH)–C–C–N with tert-alkyl or cyclic N) is 1. The van der Waals surface area contributed by atoms with Crippen LogP contribution in [0.3, 0.4) is 0 Å². The summed E-state index contributed by atoms with van der Waals surface area (Å²) in [7, 11) is 0. The Hall–Kier alpha value is -0.620. The van der Waals surface area contributed by atoms with Crippen molar-refractivity contribution < 1.29 is 5.11 Å². The lowest BCUT2D eigenvalue weighted by molar-refractivity contribution is 0.119. The van der Waals surface area contributed by atoms with Gasteiger partial charge in [0.15, 0.2) is 0 Å². The van der Waals surface area contributed by atoms with Gasteiger partial charge in [0.1, 0.15) is 4.99 Å². The van der Waals surface area contributed by atoms with Gasteiger partial charge in [0.2, 0.25) is 0 Å². The summed E-state index contributed by atoms with van der Waals surface area (Å²) in [5, 5.41) is 10.2. The Labute approximate surface area is 117 Å². The predicted octanol–water partition coefficient (Wildman–Crippen LogP) is 1.40. The Morgan fingerprint density at radius 2 is 1.94 bits per heavy atom. The van der Waals surface area contributed by atoms with Crippen LogP contribution in [0, 0.1) is 0 Å². The van der Waals surface area contributed by atoms with Crippen LogP contribution in [0.1, 0.15) is 17.2 Å². The maximum atomic E-state index is 10.2. The van der Waals surface area contributed by atoms with Crippen LogP contribution in [0.4, 0.5) is 0 Å². The molecular weight excluding hydrogens is 264 g/mol. The first-order valence-corrected chi connectivity index (χ1v) is 7.61. The number of thiocarbonyl (C=S) groups is 1. The summed E-state index contributed by atoms with van der Waals surface area (Å²) in [6, 6.07) is 7.54. The van der Waals surface area contributed by atoms with E-state index in [0.29, 0.717) is 11.5 Å². The standard InChI is InChI=1S/C13H18N2OS2/c14-13(17)11-3-1-10(2-4-11)12(16)9-15-5-7-18-8-6-15/h1-4,12,16H,5-9H2,(H2,14,17). The van der Waals surface area contributed by atoms with Crippen molar-refractivity contribution in [3.8, 4) is 0 Å². The number of aliphatic hydroxyl groups excluding tert-OH is 1. The zero-order valence-electron chi connectivity index (χ0n) is 10.2. The Kier molecular flexibility index (Phi) is 5.00. The van der Waals surface area contributed by atoms with Gasteiger partial charge in [-0.05, 0) is 5.56 Å². The minimum Gasteiger partial charge on any atom is -0.389 e. The van der Waals surface area contributed by atoms with Gasteiger partial charge >= 0.3 is 0 Å². The summed E-state index contributed by atoms with van der Waals surface area (Å²) in [5.41, 5.74) is 7.31. The van der Waals surface area contributed by atoms with Crippen LogP contribution in [0.15, 0.2) is 24.3 Å². The zero-order chi connectivity index (χ0) is 13.0. The van der Waals surface area contributed by atoms with Crippen LogP contribution in [0.5, 0.6) is 0 Å². The van der Waals surface area contributed by atoms with Gasteiger partial charge in [-0.2, -0.15) is 11.8 Å². The largest absolute Gasteiger partial charge is 0.389 e. The molecule has 5 heteroatoms. The van der Waals surface area contributed by atoms with Gasteiger partial charge in [0, 0.05) is 36.7 Å². The molecule has 0 spiro atoms. The minimum atomic E-state index is -0.437. The second-order valence-electron chi connectivity index (χ2n) is 4.42. The van der Waals surface area contributed by atoms with Crippen molar-refractivity contribution in [3.05, 3.63) is 35.4 Å². The van der Waals surface area contributed by atoms with Crippen LogP contribution in [-0.4, -0.2) is 46.1 Å². The van der Waals surface area contributed by atoms with E-state index in [1.54, 1.807) is 0 Å². The normalized spacial score (nSPS) is 18.5. The van der Waals surface area contributed by atoms with E-state index in [4.69, 9.17) is 18.0 Å². The Bertz CT molecular complexity index is 402. The topological polar surface area (TPSA) is 49.5 Å². The van der Waals surface area contributed by atoms with Gasteiger partial charge in [-0.15, -0.1) is 0 Å². The van der Waals surface area contributed by atoms with E-state index in [1.807, 2.05) is 36.0 Å². The van der Waals surface area contributed by atoms with Crippen molar-refractivity contribution >= 4 is 29.0 Å². The Balaban J connectivity index is 1.95. The van der Waals surface area contributed by atoms with Crippen molar-refractivity contribution in [2.24, 2.45) is 5.73 Å². The number of aliphatic hydroxyl groups is 1. The van der Waals surface area contributed by atoms with E-state index in [9.17, 15) is 5.11 Å². The fraction of sp³-hybridized carbons (Fsp3) is 0.462. The summed E-state index contributed by atoms with van der Waals surface area (Å²) >= 11 is 6.88. The molecule has 98 valence electrons. The molecule has 0 bridgehead atoms. The maximum absolute atomic E-state index is 10.2. The van der Waals surface area contributed by atoms with Gasteiger partial charge in [0.25, 0.3) is 0 Å². The van der Waals surface area contributed by atoms with Crippen molar-refractivity contribution in [1.82, 2.24) is 4.90 Å². The molecule has 1 saturated heterocycles. The second kappa shape index (κ2) is 6.52. The summed E-state index contributed by atoms with van der Waals surface area (Å²) in [6.45, 7) is 2.83. The van der Waals surface area contributed by atoms with Crippen molar-refractivity contribution in [2.45, 2.75) is 6.10 Å². The highest BCUT2D eigenvalue weighted by atomic mass is 32.2. The lowest BCUT2D eigenvalue weighted by atomic mass is 10.1. The van der Waals surface area contributed by atoms with Crippen LogP contribution in [-0.2, 0) is 0 Å². The van der Waals surface area contributed by atoms with Gasteiger partial charge in [-0.25, -0.2) is 0 Å². The molecule has 3 N–H and O–H groups in total. The zero-order valence-corrected chi connectivity index (χ0v) is 11.8. The monoisotopic (exact) mass is 282 g/mol. The Morgan fingerprint density at radius 1 is 1.33 bits per heavy atom. The van der Waals surface area contributed by atoms with Gasteiger partial charge < -0.3 is 10.8 Å². The molecule has 1 aromatic rings. The first-order chi connectivity index (χ1) is 8.66. The van der Waals surface area contributed by atoms with Gasteiger partial charge in [-0.1, -0.05) is 36.5 Å². The molecule has 1 aliphatic heterocycles. The Morgan fingerprint density at radius 3 is 2.50 bits per heavy atom. The summed E-state index contributed by atoms with van der Waals surface area (Å²) in [6.07, 6.45) is -0.437. The van der Waals surface area contributed by atoms with Gasteiger partial charge in [0.05, 0.1) is 6.10 Å². The van der Waals surface area contributed by atoms with E-state index in [-0.39, 0.29) is 0 Å². The van der Waals surface area contributed by atoms with Crippen LogP contribution >= 0.6 is 24.0 Å². The number of nitrogens with two attached hydrogens (primary N) is 1. The number of hydrogen-bond acceptors (Lipinski definition) is 4. The highest BCUT2D eigenvalue weighted by molar-refractivity contribution is 7.99. The van der Waals surface area contributed by atoms with Crippen LogP contribution < -0.4 is 5.73 Å². The molecule has 1 aliphatic rings. The molecule has 1 heterocycles. The third-order valence-corrected chi connectivity index (χ3v) is 4.29. The summed E-state index contributed by atoms with van der Waals surface area (Å²) < 4.78 is 0. The number of rotatable bonds is 4. The van der Waals surface area contributed by atoms with Crippen LogP contribution in [0.2, 0.25) is 0 Å². The lowest BCUT2D eigenvalue weighted by Crippen LogP contribution is -2.35. The smallest absolute Gasteiger partial charge is 0.103 e. The van der Waals surface area contributed by atoms with Crippen LogP contribution in [0.25, 0.3) is 0 Å². The summed E-state index contributed by atoms with van der Waals surface area (Å²) in [4.78, 5) is 2.70. The third-order valence-electron chi connectivity index (χ3n) is 3.11. The molecular formula is C13H18N2OS2. The fourth-order valence-electron chi connectivity index (χ4n) is 2.00. The maximum Gasteiger partial charge on any atom is 0.103 e. The molecule has 1 unspecified atom stereocenters. The van der Waals surface area contributed by atoms with Crippen molar-refractivity contribution in [1.29, 1.82) is 0 Å². The number of benzene rings is 1. The lowest BCUT2D eigenvalue weighted by Gasteiger charge is -2.28. The highest BCUT2D eigenvalue weighted by Crippen LogP contribution is 2.17. The molecule has 0 amide bonds. The van der Waals surface area contributed by atoms with Crippen molar-refractivity contribution in [3.63, 3.8) is 0 Å². The number of hydrogen-bond donors (Lipinski definition) is 2. The second-order valence-corrected chi connectivity index (χ2v) is 6.08. The molecule has 3 nitrogen and oxygen atoms in total. The minimum absolute atomic E-state index is 0.393. The molecule has 2 rings (SSSR count). The third kappa shape index (κ3) is 3.68. The van der Waals surface area contributed by atoms with Crippen molar-refractivity contribution in [2.75, 3.05) is 31.1 Å². The van der Waals surface area contributed by atoms with E-state index < -0.39 is 6.10 Å². The fourth-order valence-corrected chi connectivity index (χ4v) is 3.12. The van der Waals surface area contributed by atoms with Gasteiger partial charge in [-0.3, -0.25) is 4.90 Å². The van der Waals surface area contributed by atoms with E-state index in [0.717, 1.165) is 35.7 Å².